The topological polar surface area (TPSA) is 66.6 Å². The summed E-state index contributed by atoms with van der Waals surface area (Å²) in [5, 5.41) is 15.2. The molecule has 0 saturated heterocycles. The summed E-state index contributed by atoms with van der Waals surface area (Å²) in [5.74, 6) is 1.92. The molecule has 0 atom stereocenters. The van der Waals surface area contributed by atoms with Gasteiger partial charge in [-0.2, -0.15) is 0 Å². The van der Waals surface area contributed by atoms with Gasteiger partial charge in [0.2, 0.25) is 0 Å². The highest BCUT2D eigenvalue weighted by molar-refractivity contribution is 5.79. The molecule has 0 radical (unpaired) electrons. The molecule has 0 spiro atoms. The summed E-state index contributed by atoms with van der Waals surface area (Å²) in [7, 11) is 0. The first kappa shape index (κ1) is 18.2. The molecule has 24 heavy (non-hydrogen) atoms. The van der Waals surface area contributed by atoms with E-state index in [4.69, 9.17) is 0 Å². The first-order valence-electron chi connectivity index (χ1n) is 9.16. The van der Waals surface area contributed by atoms with Crippen LogP contribution in [-0.4, -0.2) is 40.2 Å². The Labute approximate surface area is 144 Å². The predicted molar refractivity (Wildman–Crippen MR) is 99.4 cm³/mol. The lowest BCUT2D eigenvalue weighted by Crippen LogP contribution is -2.37. The first-order chi connectivity index (χ1) is 11.8. The van der Waals surface area contributed by atoms with Crippen molar-refractivity contribution in [1.29, 1.82) is 0 Å². The van der Waals surface area contributed by atoms with Crippen LogP contribution in [0.4, 0.5) is 0 Å². The fraction of sp³-hybridized carbons (Fsp3) is 0.611. The Kier molecular flexibility index (Phi) is 8.07. The Balaban J connectivity index is 1.75. The molecule has 0 fully saturated rings. The van der Waals surface area contributed by atoms with Crippen molar-refractivity contribution in [3.05, 3.63) is 30.2 Å². The highest BCUT2D eigenvalue weighted by atomic mass is 15.2. The number of aryl methyl sites for hydroxylation is 1. The zero-order valence-electron chi connectivity index (χ0n) is 15.0. The number of hydrogen-bond acceptors (Lipinski definition) is 3. The van der Waals surface area contributed by atoms with Crippen LogP contribution in [0, 0.1) is 0 Å². The molecular weight excluding hydrogens is 300 g/mol. The van der Waals surface area contributed by atoms with Crippen molar-refractivity contribution >= 4 is 11.6 Å². The number of hydrogen-bond donors (Lipinski definition) is 2. The Morgan fingerprint density at radius 3 is 2.83 bits per heavy atom. The molecule has 0 amide bonds. The fourth-order valence-corrected chi connectivity index (χ4v) is 2.59. The van der Waals surface area contributed by atoms with Crippen molar-refractivity contribution in [3.63, 3.8) is 0 Å². The summed E-state index contributed by atoms with van der Waals surface area (Å²) in [4.78, 5) is 4.65. The summed E-state index contributed by atoms with van der Waals surface area (Å²) < 4.78 is 2.04. The molecule has 2 aromatic heterocycles. The highest BCUT2D eigenvalue weighted by Crippen LogP contribution is 2.05. The Hall–Kier alpha value is -2.11. The minimum Gasteiger partial charge on any atom is -0.357 e. The van der Waals surface area contributed by atoms with Crippen molar-refractivity contribution in [2.45, 2.75) is 52.4 Å². The van der Waals surface area contributed by atoms with Crippen LogP contribution in [0.5, 0.6) is 0 Å². The quantitative estimate of drug-likeness (QED) is 0.399. The fourth-order valence-electron chi connectivity index (χ4n) is 2.59. The van der Waals surface area contributed by atoms with Gasteiger partial charge in [0.15, 0.2) is 11.6 Å². The standard InChI is InChI=1S/C18H30N6/c1-3-5-6-8-13-20-18(19-4-2)21-14-10-12-17-23-22-16-11-7-9-15-24(16)17/h7,9,11,15H,3-6,8,10,12-14H2,1-2H3,(H2,19,20,21). The lowest BCUT2D eigenvalue weighted by molar-refractivity contribution is 0.646. The van der Waals surface area contributed by atoms with E-state index in [0.717, 1.165) is 49.9 Å². The van der Waals surface area contributed by atoms with Crippen LogP contribution in [0.3, 0.4) is 0 Å². The highest BCUT2D eigenvalue weighted by Gasteiger charge is 2.04. The normalized spacial score (nSPS) is 11.8. The summed E-state index contributed by atoms with van der Waals surface area (Å²) in [5.41, 5.74) is 0.901. The lowest BCUT2D eigenvalue weighted by Gasteiger charge is -2.11. The zero-order valence-corrected chi connectivity index (χ0v) is 15.0. The van der Waals surface area contributed by atoms with Gasteiger partial charge in [-0.05, 0) is 31.9 Å². The molecule has 2 rings (SSSR count). The van der Waals surface area contributed by atoms with Crippen LogP contribution >= 0.6 is 0 Å². The first-order valence-corrected chi connectivity index (χ1v) is 9.16. The van der Waals surface area contributed by atoms with Crippen LogP contribution in [-0.2, 0) is 6.42 Å². The Bertz CT molecular complexity index is 619. The van der Waals surface area contributed by atoms with Gasteiger partial charge in [0, 0.05) is 32.3 Å². The predicted octanol–water partition coefficient (Wildman–Crippen LogP) is 2.80. The monoisotopic (exact) mass is 330 g/mol. The van der Waals surface area contributed by atoms with E-state index in [1.807, 2.05) is 28.8 Å². The van der Waals surface area contributed by atoms with Crippen molar-refractivity contribution in [2.24, 2.45) is 4.99 Å². The van der Waals surface area contributed by atoms with E-state index in [9.17, 15) is 0 Å². The van der Waals surface area contributed by atoms with Crippen molar-refractivity contribution in [2.75, 3.05) is 19.6 Å². The molecule has 2 N–H and O–H groups in total. The maximum absolute atomic E-state index is 4.65. The van der Waals surface area contributed by atoms with Crippen LogP contribution in [0.2, 0.25) is 0 Å². The molecule has 132 valence electrons. The van der Waals surface area contributed by atoms with Crippen LogP contribution in [0.25, 0.3) is 5.65 Å². The summed E-state index contributed by atoms with van der Waals surface area (Å²) in [6.07, 6.45) is 8.91. The number of nitrogens with one attached hydrogen (secondary N) is 2. The minimum absolute atomic E-state index is 0.784. The average Bonchev–Trinajstić information content (AvgIpc) is 3.01. The number of pyridine rings is 1. The van der Waals surface area contributed by atoms with E-state index in [0.29, 0.717) is 0 Å². The van der Waals surface area contributed by atoms with Gasteiger partial charge in [-0.1, -0.05) is 32.3 Å². The van der Waals surface area contributed by atoms with Gasteiger partial charge in [0.05, 0.1) is 0 Å². The van der Waals surface area contributed by atoms with Gasteiger partial charge in [-0.3, -0.25) is 9.39 Å². The molecule has 0 aromatic carbocycles. The second kappa shape index (κ2) is 10.6. The van der Waals surface area contributed by atoms with Gasteiger partial charge in [0.25, 0.3) is 0 Å². The van der Waals surface area contributed by atoms with Crippen LogP contribution in [0.1, 0.15) is 51.8 Å². The van der Waals surface area contributed by atoms with Crippen molar-refractivity contribution in [3.8, 4) is 0 Å². The maximum Gasteiger partial charge on any atom is 0.191 e. The summed E-state index contributed by atoms with van der Waals surface area (Å²) in [6.45, 7) is 6.98. The average molecular weight is 330 g/mol. The van der Waals surface area contributed by atoms with E-state index < -0.39 is 0 Å². The number of guanidine groups is 1. The number of aliphatic imine (C=N–C) groups is 1. The third kappa shape index (κ3) is 5.83. The van der Waals surface area contributed by atoms with Gasteiger partial charge < -0.3 is 10.6 Å². The third-order valence-electron chi connectivity index (χ3n) is 3.88. The molecule has 0 aliphatic carbocycles. The second-order valence-corrected chi connectivity index (χ2v) is 5.90. The van der Waals surface area contributed by atoms with E-state index >= 15 is 0 Å². The van der Waals surface area contributed by atoms with Crippen LogP contribution < -0.4 is 10.6 Å². The molecule has 2 aromatic rings. The van der Waals surface area contributed by atoms with E-state index in [1.54, 1.807) is 0 Å². The lowest BCUT2D eigenvalue weighted by atomic mass is 10.2. The maximum atomic E-state index is 4.65. The van der Waals surface area contributed by atoms with E-state index in [-0.39, 0.29) is 0 Å². The molecule has 0 bridgehead atoms. The molecule has 0 saturated carbocycles. The molecule has 6 heteroatoms. The number of rotatable bonds is 10. The zero-order chi connectivity index (χ0) is 17.0. The third-order valence-corrected chi connectivity index (χ3v) is 3.88. The van der Waals surface area contributed by atoms with Gasteiger partial charge >= 0.3 is 0 Å². The molecule has 2 heterocycles. The smallest absolute Gasteiger partial charge is 0.191 e. The molecule has 0 aliphatic heterocycles. The molecule has 6 nitrogen and oxygen atoms in total. The van der Waals surface area contributed by atoms with Crippen LogP contribution in [0.15, 0.2) is 29.4 Å². The SMILES string of the molecule is CCCCCCNC(=NCCCc1nnc2ccccn12)NCC. The largest absolute Gasteiger partial charge is 0.357 e. The Morgan fingerprint density at radius 2 is 2.00 bits per heavy atom. The number of unbranched alkanes of at least 4 members (excludes halogenated alkanes) is 3. The number of fused-ring (bicyclic) bond motifs is 1. The van der Waals surface area contributed by atoms with E-state index in [1.165, 1.54) is 25.7 Å². The summed E-state index contributed by atoms with van der Waals surface area (Å²) in [6, 6.07) is 5.96. The number of aromatic nitrogens is 3. The van der Waals surface area contributed by atoms with E-state index in [2.05, 4.69) is 39.7 Å². The van der Waals surface area contributed by atoms with Gasteiger partial charge in [-0.15, -0.1) is 10.2 Å². The second-order valence-electron chi connectivity index (χ2n) is 5.90. The molecular formula is C18H30N6. The van der Waals surface area contributed by atoms with Gasteiger partial charge in [-0.25, -0.2) is 0 Å². The van der Waals surface area contributed by atoms with Crippen molar-refractivity contribution < 1.29 is 0 Å². The minimum atomic E-state index is 0.784. The molecule has 0 unspecified atom stereocenters. The Morgan fingerprint density at radius 1 is 1.08 bits per heavy atom. The molecule has 0 aliphatic rings. The number of nitrogens with zero attached hydrogens (tertiary/aromatic N) is 4. The summed E-state index contributed by atoms with van der Waals surface area (Å²) >= 11 is 0. The van der Waals surface area contributed by atoms with Gasteiger partial charge in [0.1, 0.15) is 5.82 Å². The van der Waals surface area contributed by atoms with Crippen molar-refractivity contribution in [1.82, 2.24) is 25.2 Å².